The molecular formula is C24H23NO3. The van der Waals surface area contributed by atoms with Crippen LogP contribution in [0, 0.1) is 6.92 Å². The maximum absolute atomic E-state index is 13.1. The van der Waals surface area contributed by atoms with E-state index in [4.69, 9.17) is 4.74 Å². The number of aryl methyl sites for hydroxylation is 1. The highest BCUT2D eigenvalue weighted by Crippen LogP contribution is 2.42. The van der Waals surface area contributed by atoms with Gasteiger partial charge in [-0.05, 0) is 37.1 Å². The summed E-state index contributed by atoms with van der Waals surface area (Å²) in [6, 6.07) is 22.8. The lowest BCUT2D eigenvalue weighted by Crippen LogP contribution is -2.45. The minimum absolute atomic E-state index is 0.151. The van der Waals surface area contributed by atoms with Crippen LogP contribution in [-0.2, 0) is 12.1 Å². The Kier molecular flexibility index (Phi) is 4.65. The molecule has 1 atom stereocenters. The molecule has 0 radical (unpaired) electrons. The van der Waals surface area contributed by atoms with E-state index in [2.05, 4.69) is 0 Å². The Morgan fingerprint density at radius 3 is 2.50 bits per heavy atom. The average molecular weight is 373 g/mol. The van der Waals surface area contributed by atoms with Gasteiger partial charge < -0.3 is 14.7 Å². The van der Waals surface area contributed by atoms with Crippen LogP contribution < -0.4 is 4.74 Å². The number of hydrogen-bond donors (Lipinski definition) is 1. The minimum Gasteiger partial charge on any atom is -0.497 e. The predicted molar refractivity (Wildman–Crippen MR) is 108 cm³/mol. The molecule has 0 spiro atoms. The van der Waals surface area contributed by atoms with Gasteiger partial charge in [-0.3, -0.25) is 4.79 Å². The third-order valence-corrected chi connectivity index (χ3v) is 5.38. The van der Waals surface area contributed by atoms with E-state index in [0.717, 1.165) is 16.9 Å². The number of fused-ring (bicyclic) bond motifs is 1. The Morgan fingerprint density at radius 1 is 1.00 bits per heavy atom. The molecule has 1 aliphatic heterocycles. The molecule has 0 bridgehead atoms. The number of methoxy groups -OCH3 is 1. The monoisotopic (exact) mass is 373 g/mol. The number of carbonyl (C=O) groups excluding carboxylic acids is 1. The first-order valence-corrected chi connectivity index (χ1v) is 9.38. The van der Waals surface area contributed by atoms with Gasteiger partial charge in [0.05, 0.1) is 7.11 Å². The average Bonchev–Trinajstić information content (AvgIpc) is 2.95. The number of ether oxygens (including phenoxy) is 1. The third kappa shape index (κ3) is 2.96. The molecule has 1 unspecified atom stereocenters. The second-order valence-electron chi connectivity index (χ2n) is 7.14. The van der Waals surface area contributed by atoms with Crippen LogP contribution in [0.5, 0.6) is 5.75 Å². The van der Waals surface area contributed by atoms with Crippen molar-refractivity contribution in [3.63, 3.8) is 0 Å². The van der Waals surface area contributed by atoms with Crippen LogP contribution in [0.3, 0.4) is 0 Å². The first kappa shape index (κ1) is 18.3. The predicted octanol–water partition coefficient (Wildman–Crippen LogP) is 3.90. The van der Waals surface area contributed by atoms with Crippen molar-refractivity contribution < 1.29 is 14.6 Å². The molecule has 1 heterocycles. The molecule has 0 aromatic heterocycles. The van der Waals surface area contributed by atoms with Gasteiger partial charge in [-0.2, -0.15) is 0 Å². The summed E-state index contributed by atoms with van der Waals surface area (Å²) < 4.78 is 5.29. The number of nitrogens with zero attached hydrogens (tertiary/aromatic N) is 1. The largest absolute Gasteiger partial charge is 0.497 e. The van der Waals surface area contributed by atoms with Crippen molar-refractivity contribution in [3.05, 3.63) is 101 Å². The van der Waals surface area contributed by atoms with Crippen molar-refractivity contribution in [2.24, 2.45) is 0 Å². The highest BCUT2D eigenvalue weighted by Gasteiger charge is 2.49. The van der Waals surface area contributed by atoms with Gasteiger partial charge in [0.15, 0.2) is 5.72 Å². The van der Waals surface area contributed by atoms with Crippen LogP contribution in [-0.4, -0.2) is 29.6 Å². The van der Waals surface area contributed by atoms with E-state index < -0.39 is 5.72 Å². The SMILES string of the molecule is COc1cccc(CCN2C(=O)c3ccccc3C2(O)c2ccc(C)cc2)c1. The smallest absolute Gasteiger partial charge is 0.257 e. The Bertz CT molecular complexity index is 1010. The summed E-state index contributed by atoms with van der Waals surface area (Å²) in [5.41, 5.74) is 2.57. The second-order valence-corrected chi connectivity index (χ2v) is 7.14. The Hall–Kier alpha value is -3.11. The number of hydrogen-bond acceptors (Lipinski definition) is 3. The summed E-state index contributed by atoms with van der Waals surface area (Å²) in [4.78, 5) is 14.7. The van der Waals surface area contributed by atoms with Gasteiger partial charge in [0.2, 0.25) is 0 Å². The Morgan fingerprint density at radius 2 is 1.75 bits per heavy atom. The van der Waals surface area contributed by atoms with Crippen molar-refractivity contribution in [2.45, 2.75) is 19.1 Å². The van der Waals surface area contributed by atoms with Gasteiger partial charge in [0.1, 0.15) is 5.75 Å². The summed E-state index contributed by atoms with van der Waals surface area (Å²) in [5, 5.41) is 11.8. The Balaban J connectivity index is 1.72. The van der Waals surface area contributed by atoms with Crippen molar-refractivity contribution in [1.82, 2.24) is 4.90 Å². The molecule has 0 saturated carbocycles. The normalized spacial score (nSPS) is 18.2. The molecule has 1 amide bonds. The van der Waals surface area contributed by atoms with Crippen LogP contribution in [0.4, 0.5) is 0 Å². The van der Waals surface area contributed by atoms with Gasteiger partial charge in [-0.15, -0.1) is 0 Å². The van der Waals surface area contributed by atoms with E-state index in [-0.39, 0.29) is 5.91 Å². The standard InChI is InChI=1S/C24H23NO3/c1-17-10-12-19(13-11-17)24(27)22-9-4-3-8-21(22)23(26)25(24)15-14-18-6-5-7-20(16-18)28-2/h3-13,16,27H,14-15H2,1-2H3. The van der Waals surface area contributed by atoms with E-state index in [1.807, 2.05) is 73.7 Å². The highest BCUT2D eigenvalue weighted by atomic mass is 16.5. The molecule has 3 aromatic rings. The molecule has 28 heavy (non-hydrogen) atoms. The maximum Gasteiger partial charge on any atom is 0.257 e. The van der Waals surface area contributed by atoms with E-state index in [1.165, 1.54) is 0 Å². The van der Waals surface area contributed by atoms with Crippen LogP contribution in [0.1, 0.15) is 32.6 Å². The summed E-state index contributed by atoms with van der Waals surface area (Å²) in [6.07, 6.45) is 0.616. The van der Waals surface area contributed by atoms with Crippen LogP contribution in [0.25, 0.3) is 0 Å². The summed E-state index contributed by atoms with van der Waals surface area (Å²) in [5.74, 6) is 0.629. The lowest BCUT2D eigenvalue weighted by Gasteiger charge is -2.35. The zero-order valence-electron chi connectivity index (χ0n) is 16.1. The molecule has 4 rings (SSSR count). The van der Waals surface area contributed by atoms with Crippen molar-refractivity contribution in [1.29, 1.82) is 0 Å². The maximum atomic E-state index is 13.1. The Labute approximate surface area is 165 Å². The van der Waals surface area contributed by atoms with E-state index in [1.54, 1.807) is 18.1 Å². The number of amides is 1. The minimum atomic E-state index is -1.47. The van der Waals surface area contributed by atoms with E-state index in [0.29, 0.717) is 29.7 Å². The summed E-state index contributed by atoms with van der Waals surface area (Å²) in [7, 11) is 1.63. The molecule has 142 valence electrons. The molecule has 4 heteroatoms. The molecule has 1 N–H and O–H groups in total. The van der Waals surface area contributed by atoms with E-state index >= 15 is 0 Å². The zero-order valence-corrected chi connectivity index (χ0v) is 16.1. The quantitative estimate of drug-likeness (QED) is 0.738. The first-order valence-electron chi connectivity index (χ1n) is 9.38. The van der Waals surface area contributed by atoms with Crippen molar-refractivity contribution in [2.75, 3.05) is 13.7 Å². The molecule has 4 nitrogen and oxygen atoms in total. The number of benzene rings is 3. The van der Waals surface area contributed by atoms with Crippen molar-refractivity contribution in [3.8, 4) is 5.75 Å². The summed E-state index contributed by atoms with van der Waals surface area (Å²) in [6.45, 7) is 2.40. The number of carbonyl (C=O) groups is 1. The van der Waals surface area contributed by atoms with Gasteiger partial charge in [0.25, 0.3) is 5.91 Å². The third-order valence-electron chi connectivity index (χ3n) is 5.38. The molecule has 0 aliphatic carbocycles. The number of aliphatic hydroxyl groups is 1. The lowest BCUT2D eigenvalue weighted by atomic mass is 9.93. The zero-order chi connectivity index (χ0) is 19.7. The first-order chi connectivity index (χ1) is 13.5. The van der Waals surface area contributed by atoms with Crippen LogP contribution in [0.15, 0.2) is 72.8 Å². The van der Waals surface area contributed by atoms with E-state index in [9.17, 15) is 9.90 Å². The molecule has 1 aliphatic rings. The van der Waals surface area contributed by atoms with Gasteiger partial charge in [-0.1, -0.05) is 60.2 Å². The molecule has 0 saturated heterocycles. The fourth-order valence-corrected chi connectivity index (χ4v) is 3.84. The number of rotatable bonds is 5. The lowest BCUT2D eigenvalue weighted by molar-refractivity contribution is -0.0493. The van der Waals surface area contributed by atoms with Crippen LogP contribution in [0.2, 0.25) is 0 Å². The molecular weight excluding hydrogens is 350 g/mol. The second kappa shape index (κ2) is 7.13. The van der Waals surface area contributed by atoms with Gasteiger partial charge >= 0.3 is 0 Å². The highest BCUT2D eigenvalue weighted by molar-refractivity contribution is 6.00. The fourth-order valence-electron chi connectivity index (χ4n) is 3.84. The van der Waals surface area contributed by atoms with Gasteiger partial charge in [-0.25, -0.2) is 0 Å². The summed E-state index contributed by atoms with van der Waals surface area (Å²) >= 11 is 0. The fraction of sp³-hybridized carbons (Fsp3) is 0.208. The topological polar surface area (TPSA) is 49.8 Å². The van der Waals surface area contributed by atoms with Crippen molar-refractivity contribution >= 4 is 5.91 Å². The molecule has 0 fully saturated rings. The van der Waals surface area contributed by atoms with Gasteiger partial charge in [0, 0.05) is 23.2 Å². The van der Waals surface area contributed by atoms with Crippen LogP contribution >= 0.6 is 0 Å². The molecule has 3 aromatic carbocycles.